The van der Waals surface area contributed by atoms with E-state index in [1.807, 2.05) is 11.8 Å². The molecule has 1 saturated heterocycles. The Morgan fingerprint density at radius 3 is 2.29 bits per heavy atom. The van der Waals surface area contributed by atoms with Crippen LogP contribution < -0.4 is 0 Å². The predicted octanol–water partition coefficient (Wildman–Crippen LogP) is 4.69. The zero-order valence-corrected chi connectivity index (χ0v) is 18.8. The van der Waals surface area contributed by atoms with Crippen molar-refractivity contribution in [1.29, 1.82) is 0 Å². The van der Waals surface area contributed by atoms with Crippen LogP contribution in [-0.2, 0) is 13.7 Å². The lowest BCUT2D eigenvalue weighted by atomic mass is 9.95. The van der Waals surface area contributed by atoms with Crippen molar-refractivity contribution >= 4 is 25.4 Å². The molecule has 1 saturated carbocycles. The summed E-state index contributed by atoms with van der Waals surface area (Å²) in [7, 11) is -2.53. The molecule has 3 atom stereocenters. The van der Waals surface area contributed by atoms with Crippen LogP contribution in [0.4, 0.5) is 8.78 Å². The molecule has 31 heavy (non-hydrogen) atoms. The molecule has 1 aliphatic carbocycles. The minimum Gasteiger partial charge on any atom is -0.297 e. The number of nitrogens with zero attached hydrogens (tertiary/aromatic N) is 1. The standard InChI is InChI=1S/C23H25F2NO3S2/c1-15-6-8-17(9-7-15)31(28,29)30-16-10-12-26(13-11-16)22(23(27)19-14-21(19)25)18-4-2-3-5-20(18)24/h2-9,16,19,21-22H,10-14H2,1H3. The Labute approximate surface area is 185 Å². The van der Waals surface area contributed by atoms with Crippen LogP contribution >= 0.6 is 10.8 Å². The van der Waals surface area contributed by atoms with E-state index >= 15 is 0 Å². The number of aryl methyl sites for hydroxylation is 1. The number of ketones is 1. The molecule has 0 N–H and O–H groups in total. The van der Waals surface area contributed by atoms with E-state index in [0.717, 1.165) is 16.4 Å². The molecule has 2 aromatic carbocycles. The monoisotopic (exact) mass is 465 g/mol. The van der Waals surface area contributed by atoms with Crippen LogP contribution in [0.15, 0.2) is 53.4 Å². The zero-order chi connectivity index (χ0) is 22.2. The van der Waals surface area contributed by atoms with Crippen LogP contribution in [0, 0.1) is 18.7 Å². The van der Waals surface area contributed by atoms with Gasteiger partial charge in [-0.3, -0.25) is 9.69 Å². The number of carbonyl (C=O) groups is 1. The van der Waals surface area contributed by atoms with Crippen molar-refractivity contribution in [2.75, 3.05) is 13.1 Å². The average molecular weight is 466 g/mol. The molecule has 166 valence electrons. The molecule has 0 aromatic heterocycles. The van der Waals surface area contributed by atoms with Gasteiger partial charge in [-0.15, -0.1) is 0 Å². The molecule has 0 amide bonds. The number of halogens is 2. The Hall–Kier alpha value is -1.77. The zero-order valence-electron chi connectivity index (χ0n) is 17.2. The van der Waals surface area contributed by atoms with E-state index < -0.39 is 32.8 Å². The van der Waals surface area contributed by atoms with Gasteiger partial charge in [-0.25, -0.2) is 17.2 Å². The maximum Gasteiger partial charge on any atom is 0.230 e. The summed E-state index contributed by atoms with van der Waals surface area (Å²) in [5.74, 6) is -1.43. The van der Waals surface area contributed by atoms with Crippen LogP contribution in [0.2, 0.25) is 0 Å². The Morgan fingerprint density at radius 2 is 1.71 bits per heavy atom. The van der Waals surface area contributed by atoms with Crippen LogP contribution in [-0.4, -0.2) is 43.6 Å². The van der Waals surface area contributed by atoms with E-state index in [9.17, 15) is 22.0 Å². The first-order valence-corrected chi connectivity index (χ1v) is 13.3. The van der Waals surface area contributed by atoms with Crippen molar-refractivity contribution in [3.05, 3.63) is 65.5 Å². The molecular formula is C23H25F2NO3S2. The van der Waals surface area contributed by atoms with Gasteiger partial charge in [0.1, 0.15) is 12.0 Å². The Bertz CT molecular complexity index is 1050. The maximum atomic E-state index is 14.5. The molecule has 4 rings (SSSR count). The van der Waals surface area contributed by atoms with Gasteiger partial charge in [0, 0.05) is 23.9 Å². The van der Waals surface area contributed by atoms with Crippen molar-refractivity contribution in [1.82, 2.24) is 4.90 Å². The van der Waals surface area contributed by atoms with Gasteiger partial charge in [-0.05, 0) is 55.2 Å². The lowest BCUT2D eigenvalue weighted by molar-refractivity contribution is -0.126. The Morgan fingerprint density at radius 1 is 1.10 bits per heavy atom. The second kappa shape index (κ2) is 9.00. The Balaban J connectivity index is 1.46. The number of carbonyl (C=O) groups excluding carboxylic acids is 1. The van der Waals surface area contributed by atoms with Gasteiger partial charge >= 0.3 is 0 Å². The van der Waals surface area contributed by atoms with Gasteiger partial charge in [0.15, 0.2) is 5.78 Å². The highest BCUT2D eigenvalue weighted by Gasteiger charge is 2.48. The summed E-state index contributed by atoms with van der Waals surface area (Å²) in [6, 6.07) is 12.1. The number of hydrogen-bond donors (Lipinski definition) is 0. The van der Waals surface area contributed by atoms with Crippen molar-refractivity contribution in [2.24, 2.45) is 5.92 Å². The summed E-state index contributed by atoms with van der Waals surface area (Å²) in [5, 5.41) is -0.117. The molecular weight excluding hydrogens is 440 g/mol. The highest BCUT2D eigenvalue weighted by molar-refractivity contribution is 8.72. The predicted molar refractivity (Wildman–Crippen MR) is 118 cm³/mol. The molecule has 2 aliphatic rings. The SMILES string of the molecule is Cc1ccc(S(=O)(=O)SC2CCN(C(C(=O)C3CC3F)c3ccccc3F)CC2)cc1. The fourth-order valence-corrected chi connectivity index (χ4v) is 7.72. The number of benzene rings is 2. The molecule has 2 fully saturated rings. The summed E-state index contributed by atoms with van der Waals surface area (Å²) in [5.41, 5.74) is 1.26. The van der Waals surface area contributed by atoms with E-state index in [2.05, 4.69) is 0 Å². The molecule has 1 heterocycles. The first-order valence-electron chi connectivity index (χ1n) is 10.4. The Kier molecular flexibility index (Phi) is 6.51. The molecule has 0 spiro atoms. The van der Waals surface area contributed by atoms with Crippen molar-refractivity contribution in [3.63, 3.8) is 0 Å². The average Bonchev–Trinajstić information content (AvgIpc) is 3.47. The summed E-state index contributed by atoms with van der Waals surface area (Å²) in [4.78, 5) is 15.1. The van der Waals surface area contributed by atoms with Gasteiger partial charge in [-0.1, -0.05) is 35.9 Å². The second-order valence-corrected chi connectivity index (χ2v) is 12.4. The van der Waals surface area contributed by atoms with Crippen molar-refractivity contribution < 1.29 is 22.0 Å². The maximum absolute atomic E-state index is 14.5. The first kappa shape index (κ1) is 22.4. The third-order valence-electron chi connectivity index (χ3n) is 5.96. The number of likely N-dealkylation sites (tertiary alicyclic amines) is 1. The van der Waals surface area contributed by atoms with Gasteiger partial charge < -0.3 is 0 Å². The molecule has 0 bridgehead atoms. The smallest absolute Gasteiger partial charge is 0.230 e. The van der Waals surface area contributed by atoms with Crippen LogP contribution in [0.25, 0.3) is 0 Å². The number of hydrogen-bond acceptors (Lipinski definition) is 5. The van der Waals surface area contributed by atoms with E-state index in [0.29, 0.717) is 25.9 Å². The third-order valence-corrected chi connectivity index (χ3v) is 9.96. The van der Waals surface area contributed by atoms with E-state index in [-0.39, 0.29) is 27.9 Å². The lowest BCUT2D eigenvalue weighted by Gasteiger charge is -2.36. The van der Waals surface area contributed by atoms with E-state index in [4.69, 9.17) is 0 Å². The minimum absolute atomic E-state index is 0.117. The van der Waals surface area contributed by atoms with Gasteiger partial charge in [0.25, 0.3) is 0 Å². The number of piperidine rings is 1. The van der Waals surface area contributed by atoms with Gasteiger partial charge in [0.05, 0.1) is 16.9 Å². The minimum atomic E-state index is -3.48. The van der Waals surface area contributed by atoms with E-state index in [1.165, 1.54) is 6.07 Å². The number of rotatable bonds is 7. The molecule has 8 heteroatoms. The lowest BCUT2D eigenvalue weighted by Crippen LogP contribution is -2.42. The van der Waals surface area contributed by atoms with Crippen molar-refractivity contribution in [3.8, 4) is 0 Å². The quantitative estimate of drug-likeness (QED) is 0.556. The molecule has 4 nitrogen and oxygen atoms in total. The topological polar surface area (TPSA) is 54.5 Å². The van der Waals surface area contributed by atoms with Gasteiger partial charge in [0.2, 0.25) is 8.87 Å². The summed E-state index contributed by atoms with van der Waals surface area (Å²) >= 11 is 0. The molecule has 3 unspecified atom stereocenters. The first-order chi connectivity index (χ1) is 14.8. The summed E-state index contributed by atoms with van der Waals surface area (Å²) < 4.78 is 53.6. The van der Waals surface area contributed by atoms with Crippen LogP contribution in [0.1, 0.15) is 36.4 Å². The van der Waals surface area contributed by atoms with Crippen LogP contribution in [0.5, 0.6) is 0 Å². The third kappa shape index (κ3) is 5.02. The largest absolute Gasteiger partial charge is 0.297 e. The molecule has 2 aromatic rings. The van der Waals surface area contributed by atoms with Gasteiger partial charge in [-0.2, -0.15) is 0 Å². The van der Waals surface area contributed by atoms with Crippen molar-refractivity contribution in [2.45, 2.75) is 48.5 Å². The number of alkyl halides is 1. The highest BCUT2D eigenvalue weighted by atomic mass is 33.1. The fraction of sp³-hybridized carbons (Fsp3) is 0.435. The number of Topliss-reactive ketones (excluding diaryl/α,β-unsaturated/α-hetero) is 1. The summed E-state index contributed by atoms with van der Waals surface area (Å²) in [6.07, 6.45) is 0.162. The van der Waals surface area contributed by atoms with Crippen LogP contribution in [0.3, 0.4) is 0 Å². The second-order valence-electron chi connectivity index (χ2n) is 8.28. The molecule has 0 radical (unpaired) electrons. The van der Waals surface area contributed by atoms with E-state index in [1.54, 1.807) is 42.5 Å². The fourth-order valence-electron chi connectivity index (χ4n) is 4.06. The summed E-state index contributed by atoms with van der Waals surface area (Å²) in [6.45, 7) is 2.81. The normalized spacial score (nSPS) is 23.5. The molecule has 1 aliphatic heterocycles. The highest BCUT2D eigenvalue weighted by Crippen LogP contribution is 2.42.